The van der Waals surface area contributed by atoms with Crippen LogP contribution < -0.4 is 19.9 Å². The van der Waals surface area contributed by atoms with Crippen molar-refractivity contribution in [3.05, 3.63) is 144 Å². The highest BCUT2D eigenvalue weighted by atomic mass is 79.9. The Labute approximate surface area is 417 Å². The molecule has 0 atom stereocenters. The normalized spacial score (nSPS) is 11.9. The summed E-state index contributed by atoms with van der Waals surface area (Å²) in [4.78, 5) is 18.6. The monoisotopic (exact) mass is 1080 g/mol. The van der Waals surface area contributed by atoms with Gasteiger partial charge in [-0.25, -0.2) is 9.97 Å². The Morgan fingerprint density at radius 3 is 0.896 bits per heavy atom. The zero-order chi connectivity index (χ0) is 46.0. The Balaban J connectivity index is 1.29. The van der Waals surface area contributed by atoms with E-state index in [9.17, 15) is 0 Å². The lowest BCUT2D eigenvalue weighted by Crippen LogP contribution is -1.97. The first-order valence-electron chi connectivity index (χ1n) is 22.9. The van der Waals surface area contributed by atoms with Crippen LogP contribution in [0.3, 0.4) is 0 Å². The second-order valence-electron chi connectivity index (χ2n) is 16.4. The Kier molecular flexibility index (Phi) is 15.4. The molecule has 4 aromatic carbocycles. The molecule has 0 unspecified atom stereocenters. The van der Waals surface area contributed by atoms with E-state index in [-0.39, 0.29) is 0 Å². The molecule has 2 aliphatic rings. The molecule has 0 aliphatic carbocycles. The van der Waals surface area contributed by atoms with Crippen LogP contribution in [0.1, 0.15) is 61.3 Å². The van der Waals surface area contributed by atoms with Crippen LogP contribution in [0.4, 0.5) is 5.69 Å². The van der Waals surface area contributed by atoms with Gasteiger partial charge in [-0.2, -0.15) is 0 Å². The minimum atomic E-state index is 0.665. The van der Waals surface area contributed by atoms with Gasteiger partial charge in [0.05, 0.1) is 42.6 Å². The number of aromatic nitrogens is 4. The number of H-pyrrole nitrogens is 2. The van der Waals surface area contributed by atoms with E-state index in [0.717, 1.165) is 161 Å². The molecule has 11 heteroatoms. The molecule has 67 heavy (non-hydrogen) atoms. The van der Waals surface area contributed by atoms with Gasteiger partial charge in [-0.3, -0.25) is 0 Å². The predicted octanol–water partition coefficient (Wildman–Crippen LogP) is 15.6. The van der Waals surface area contributed by atoms with Gasteiger partial charge in [-0.1, -0.05) is 96.3 Å². The lowest BCUT2D eigenvalue weighted by Gasteiger charge is -2.09. The number of fused-ring (bicyclic) bond motifs is 8. The number of hydrogen-bond acceptors (Lipinski definition) is 6. The van der Waals surface area contributed by atoms with Crippen molar-refractivity contribution in [3.63, 3.8) is 0 Å². The van der Waals surface area contributed by atoms with E-state index in [1.165, 1.54) is 0 Å². The van der Waals surface area contributed by atoms with Crippen molar-refractivity contribution in [1.82, 2.24) is 19.9 Å². The summed E-state index contributed by atoms with van der Waals surface area (Å²) in [6.45, 7) is 1.99. The fourth-order valence-electron chi connectivity index (χ4n) is 8.38. The summed E-state index contributed by atoms with van der Waals surface area (Å²) in [5.74, 6) is 2.51. The van der Waals surface area contributed by atoms with Gasteiger partial charge in [0.1, 0.15) is 17.2 Å². The molecule has 0 saturated heterocycles. The molecule has 0 radical (unpaired) electrons. The third-order valence-electron chi connectivity index (χ3n) is 11.8. The Hall–Kier alpha value is -5.88. The molecule has 0 spiro atoms. The van der Waals surface area contributed by atoms with Crippen molar-refractivity contribution in [2.24, 2.45) is 0 Å². The topological polar surface area (TPSA) is 111 Å². The van der Waals surface area contributed by atoms with Crippen LogP contribution in [0.2, 0.25) is 0 Å². The molecule has 0 amide bonds. The van der Waals surface area contributed by atoms with E-state index in [2.05, 4.69) is 167 Å². The number of anilines is 1. The van der Waals surface area contributed by atoms with Crippen molar-refractivity contribution in [2.45, 2.75) is 38.5 Å². The highest BCUT2D eigenvalue weighted by Crippen LogP contribution is 2.39. The predicted molar refractivity (Wildman–Crippen MR) is 291 cm³/mol. The van der Waals surface area contributed by atoms with Crippen LogP contribution in [-0.2, 0) is 0 Å². The van der Waals surface area contributed by atoms with Crippen LogP contribution >= 0.6 is 47.8 Å². The first-order chi connectivity index (χ1) is 33.0. The van der Waals surface area contributed by atoms with E-state index < -0.39 is 0 Å². The molecule has 3 aromatic heterocycles. The van der Waals surface area contributed by atoms with Crippen molar-refractivity contribution in [2.75, 3.05) is 41.5 Å². The molecule has 9 rings (SSSR count). The third-order valence-corrected chi connectivity index (χ3v) is 13.5. The number of aromatic amines is 2. The molecule has 7 aromatic rings. The third kappa shape index (κ3) is 11.0. The van der Waals surface area contributed by atoms with Gasteiger partial charge in [0.2, 0.25) is 0 Å². The zero-order valence-corrected chi connectivity index (χ0v) is 41.9. The first-order valence-corrected chi connectivity index (χ1v) is 26.3. The summed E-state index contributed by atoms with van der Waals surface area (Å²) in [6, 6.07) is 41.6. The van der Waals surface area contributed by atoms with E-state index in [0.29, 0.717) is 25.5 Å². The molecule has 2 aliphatic heterocycles. The molecule has 8 bridgehead atoms. The van der Waals surface area contributed by atoms with Gasteiger partial charge < -0.3 is 29.9 Å². The molecule has 5 heterocycles. The van der Waals surface area contributed by atoms with E-state index in [4.69, 9.17) is 29.9 Å². The Morgan fingerprint density at radius 2 is 0.627 bits per heavy atom. The summed E-state index contributed by atoms with van der Waals surface area (Å²) in [5.41, 5.74) is 21.8. The average Bonchev–Trinajstić information content (AvgIpc) is 4.21. The van der Waals surface area contributed by atoms with Crippen LogP contribution in [-0.4, -0.2) is 55.7 Å². The summed E-state index contributed by atoms with van der Waals surface area (Å²) in [5, 5.41) is 2.89. The lowest BCUT2D eigenvalue weighted by atomic mass is 10.0. The largest absolute Gasteiger partial charge is 0.494 e. The number of benzene rings is 4. The number of halogens is 3. The number of alkyl halides is 3. The van der Waals surface area contributed by atoms with Gasteiger partial charge in [-0.15, -0.1) is 0 Å². The summed E-state index contributed by atoms with van der Waals surface area (Å²) in [7, 11) is 0. The lowest BCUT2D eigenvalue weighted by molar-refractivity contribution is 0.310. The molecule has 340 valence electrons. The highest BCUT2D eigenvalue weighted by Gasteiger charge is 2.19. The number of nitrogens with zero attached hydrogens (tertiary/aromatic N) is 2. The minimum absolute atomic E-state index is 0.665. The van der Waals surface area contributed by atoms with Crippen molar-refractivity contribution in [1.29, 1.82) is 0 Å². The van der Waals surface area contributed by atoms with Gasteiger partial charge in [-0.05, 0) is 158 Å². The molecule has 0 fully saturated rings. The summed E-state index contributed by atoms with van der Waals surface area (Å²) in [6.07, 6.45) is 14.6. The minimum Gasteiger partial charge on any atom is -0.494 e. The van der Waals surface area contributed by atoms with E-state index in [1.807, 2.05) is 36.4 Å². The van der Waals surface area contributed by atoms with Crippen molar-refractivity contribution >= 4 is 99.8 Å². The quantitative estimate of drug-likeness (QED) is 0.0423. The van der Waals surface area contributed by atoms with Gasteiger partial charge in [0.25, 0.3) is 0 Å². The molecule has 4 N–H and O–H groups in total. The number of nitrogen functional groups attached to an aromatic ring is 1. The SMILES string of the molecule is Nc1ccc(-c2c3nc(c(-c4ccc(OCCCCBr)cc4)c4ccc([nH]4)c(-c4ccc(OCCCCBr)cc4)c4nc(c(-c5ccc(OCCCCBr)cc5)c5ccc2[nH]5)C=C4)C=C3)cc1. The highest BCUT2D eigenvalue weighted by molar-refractivity contribution is 9.09. The fraction of sp³-hybridized carbons (Fsp3) is 0.214. The second kappa shape index (κ2) is 22.3. The zero-order valence-electron chi connectivity index (χ0n) is 37.2. The maximum Gasteiger partial charge on any atom is 0.119 e. The number of unbranched alkanes of at least 4 members (excludes halogenated alkanes) is 3. The van der Waals surface area contributed by atoms with Gasteiger partial charge in [0.15, 0.2) is 0 Å². The Bertz CT molecular complexity index is 2980. The average molecular weight is 1080 g/mol. The molecular formula is C56H52Br3N5O3. The summed E-state index contributed by atoms with van der Waals surface area (Å²) < 4.78 is 18.4. The number of nitrogens with one attached hydrogen (secondary N) is 2. The van der Waals surface area contributed by atoms with Crippen LogP contribution in [0.5, 0.6) is 17.2 Å². The van der Waals surface area contributed by atoms with Crippen molar-refractivity contribution < 1.29 is 14.2 Å². The van der Waals surface area contributed by atoms with Crippen molar-refractivity contribution in [3.8, 4) is 61.8 Å². The first kappa shape index (κ1) is 46.2. The smallest absolute Gasteiger partial charge is 0.119 e. The number of ether oxygens (including phenoxy) is 3. The summed E-state index contributed by atoms with van der Waals surface area (Å²) >= 11 is 10.6. The molecule has 0 saturated carbocycles. The van der Waals surface area contributed by atoms with E-state index >= 15 is 0 Å². The van der Waals surface area contributed by atoms with E-state index in [1.54, 1.807) is 0 Å². The fourth-order valence-corrected chi connectivity index (χ4v) is 9.57. The maximum atomic E-state index is 6.25. The van der Waals surface area contributed by atoms with Crippen LogP contribution in [0.25, 0.3) is 90.9 Å². The van der Waals surface area contributed by atoms with Crippen LogP contribution in [0, 0.1) is 0 Å². The number of hydrogen-bond donors (Lipinski definition) is 3. The standard InChI is InChI=1S/C56H52Br3N5O3/c57-31-1-4-34-65-42-17-9-38(10-18-42)54-47-25-23-45(61-47)53(37-7-15-41(60)16-8-37)46-24-26-48(62-46)55(39-11-19-43(20-12-39)66-35-5-2-32-58)50-28-30-52(64-50)56(51-29-27-49(54)63-51)40-13-21-44(22-14-40)67-36-6-3-33-59/h7-30,61,64H,1-6,31-36,60H2. The maximum absolute atomic E-state index is 6.25. The second-order valence-corrected chi connectivity index (χ2v) is 18.8. The molecule has 8 nitrogen and oxygen atoms in total. The number of nitrogens with two attached hydrogens (primary N) is 1. The van der Waals surface area contributed by atoms with Gasteiger partial charge in [0, 0.05) is 66.0 Å². The molecular weight excluding hydrogens is 1030 g/mol. The number of rotatable bonds is 19. The van der Waals surface area contributed by atoms with Crippen LogP contribution in [0.15, 0.2) is 121 Å². The Morgan fingerprint density at radius 1 is 0.358 bits per heavy atom. The van der Waals surface area contributed by atoms with Gasteiger partial charge >= 0.3 is 0 Å².